The number of hydrogen-bond donors (Lipinski definition) is 0. The van der Waals surface area contributed by atoms with Crippen molar-refractivity contribution in [2.45, 2.75) is 20.8 Å². The quantitative estimate of drug-likeness (QED) is 0.342. The Hall–Kier alpha value is -1.91. The minimum atomic E-state index is -0.439. The average molecular weight is 222 g/mol. The highest BCUT2D eigenvalue weighted by atomic mass is 16.6. The molecule has 0 aliphatic rings. The molecule has 16 heavy (non-hydrogen) atoms. The molecule has 0 radical (unpaired) electrons. The van der Waals surface area contributed by atoms with Crippen molar-refractivity contribution in [1.29, 1.82) is 0 Å². The largest absolute Gasteiger partial charge is 0.481 e. The zero-order valence-electron chi connectivity index (χ0n) is 9.56. The summed E-state index contributed by atoms with van der Waals surface area (Å²) in [5.74, 6) is 0.425. The molecule has 1 rings (SSSR count). The summed E-state index contributed by atoms with van der Waals surface area (Å²) in [6.45, 7) is 5.81. The fourth-order valence-corrected chi connectivity index (χ4v) is 1.29. The van der Waals surface area contributed by atoms with Gasteiger partial charge in [0.1, 0.15) is 5.69 Å². The van der Waals surface area contributed by atoms with Gasteiger partial charge in [-0.05, 0) is 25.5 Å². The molecule has 5 heteroatoms. The van der Waals surface area contributed by atoms with E-state index in [9.17, 15) is 10.1 Å². The van der Waals surface area contributed by atoms with Crippen LogP contribution in [0.1, 0.15) is 19.4 Å². The van der Waals surface area contributed by atoms with Crippen LogP contribution in [0.25, 0.3) is 0 Å². The van der Waals surface area contributed by atoms with Gasteiger partial charge in [0.25, 0.3) is 5.69 Å². The summed E-state index contributed by atoms with van der Waals surface area (Å²) < 4.78 is 5.14. The number of aliphatic imine (C=N–C) groups is 1. The highest BCUT2D eigenvalue weighted by Gasteiger charge is 2.13. The van der Waals surface area contributed by atoms with Crippen LogP contribution in [0.3, 0.4) is 0 Å². The van der Waals surface area contributed by atoms with Crippen LogP contribution in [0.5, 0.6) is 0 Å². The number of benzene rings is 1. The van der Waals surface area contributed by atoms with Crippen molar-refractivity contribution in [1.82, 2.24) is 0 Å². The molecule has 5 nitrogen and oxygen atoms in total. The number of nitro groups is 1. The molecule has 0 unspecified atom stereocenters. The van der Waals surface area contributed by atoms with Crippen LogP contribution < -0.4 is 0 Å². The van der Waals surface area contributed by atoms with Crippen molar-refractivity contribution >= 4 is 17.3 Å². The van der Waals surface area contributed by atoms with E-state index in [4.69, 9.17) is 4.74 Å². The lowest BCUT2D eigenvalue weighted by molar-refractivity contribution is -0.384. The lowest BCUT2D eigenvalue weighted by atomic mass is 10.2. The Morgan fingerprint density at radius 3 is 2.81 bits per heavy atom. The molecule has 1 aromatic carbocycles. The second kappa shape index (κ2) is 5.25. The molecule has 0 saturated heterocycles. The highest BCUT2D eigenvalue weighted by Crippen LogP contribution is 2.28. The first kappa shape index (κ1) is 12.2. The normalized spacial score (nSPS) is 11.3. The fraction of sp³-hybridized carbons (Fsp3) is 0.364. The molecular weight excluding hydrogens is 208 g/mol. The van der Waals surface area contributed by atoms with E-state index in [2.05, 4.69) is 4.99 Å². The third-order valence-corrected chi connectivity index (χ3v) is 1.96. The van der Waals surface area contributed by atoms with E-state index in [1.54, 1.807) is 26.0 Å². The van der Waals surface area contributed by atoms with Crippen molar-refractivity contribution < 1.29 is 9.66 Å². The van der Waals surface area contributed by atoms with Gasteiger partial charge in [-0.15, -0.1) is 0 Å². The number of nitro benzene ring substituents is 1. The first-order valence-electron chi connectivity index (χ1n) is 4.97. The lowest BCUT2D eigenvalue weighted by Crippen LogP contribution is -1.98. The molecule has 0 aliphatic carbocycles. The Labute approximate surface area is 93.9 Å². The molecule has 0 atom stereocenters. The molecular formula is C11H14N2O3. The first-order chi connectivity index (χ1) is 7.54. The maximum atomic E-state index is 10.8. The number of nitrogens with zero attached hydrogens (tertiary/aromatic N) is 2. The monoisotopic (exact) mass is 222 g/mol. The summed E-state index contributed by atoms with van der Waals surface area (Å²) in [6.07, 6.45) is 0. The molecule has 0 heterocycles. The van der Waals surface area contributed by atoms with E-state index in [1.807, 2.05) is 6.92 Å². The molecule has 0 saturated carbocycles. The van der Waals surface area contributed by atoms with Crippen LogP contribution in [0.4, 0.5) is 11.4 Å². The van der Waals surface area contributed by atoms with Gasteiger partial charge >= 0.3 is 0 Å². The van der Waals surface area contributed by atoms with E-state index >= 15 is 0 Å². The van der Waals surface area contributed by atoms with Gasteiger partial charge in [-0.3, -0.25) is 10.1 Å². The van der Waals surface area contributed by atoms with Gasteiger partial charge in [0.05, 0.1) is 11.5 Å². The third kappa shape index (κ3) is 3.05. The van der Waals surface area contributed by atoms with E-state index in [-0.39, 0.29) is 5.69 Å². The standard InChI is InChI=1S/C11H14N2O3/c1-4-16-9(3)12-10-6-5-8(2)7-11(10)13(14)15/h5-7H,4H2,1-3H3. The summed E-state index contributed by atoms with van der Waals surface area (Å²) in [7, 11) is 0. The van der Waals surface area contributed by atoms with Crippen molar-refractivity contribution in [2.24, 2.45) is 4.99 Å². The van der Waals surface area contributed by atoms with Crippen molar-refractivity contribution in [3.05, 3.63) is 33.9 Å². The Morgan fingerprint density at radius 2 is 2.25 bits per heavy atom. The molecule has 0 aromatic heterocycles. The van der Waals surface area contributed by atoms with Gasteiger partial charge < -0.3 is 4.74 Å². The number of aryl methyl sites for hydroxylation is 1. The maximum absolute atomic E-state index is 10.8. The van der Waals surface area contributed by atoms with Gasteiger partial charge in [-0.25, -0.2) is 4.99 Å². The first-order valence-corrected chi connectivity index (χ1v) is 4.97. The summed E-state index contributed by atoms with van der Waals surface area (Å²) >= 11 is 0. The van der Waals surface area contributed by atoms with Crippen molar-refractivity contribution in [2.75, 3.05) is 6.61 Å². The minimum Gasteiger partial charge on any atom is -0.481 e. The van der Waals surface area contributed by atoms with Crippen LogP contribution >= 0.6 is 0 Å². The number of hydrogen-bond acceptors (Lipinski definition) is 4. The van der Waals surface area contributed by atoms with E-state index in [0.29, 0.717) is 18.2 Å². The molecule has 1 aromatic rings. The van der Waals surface area contributed by atoms with Gasteiger partial charge in [0, 0.05) is 13.0 Å². The second-order valence-corrected chi connectivity index (χ2v) is 3.31. The van der Waals surface area contributed by atoms with Gasteiger partial charge in [-0.1, -0.05) is 6.07 Å². The molecule has 0 bridgehead atoms. The van der Waals surface area contributed by atoms with E-state index in [1.165, 1.54) is 6.07 Å². The van der Waals surface area contributed by atoms with Gasteiger partial charge in [0.2, 0.25) is 0 Å². The van der Waals surface area contributed by atoms with Crippen LogP contribution in [-0.2, 0) is 4.74 Å². The lowest BCUT2D eigenvalue weighted by Gasteiger charge is -2.02. The second-order valence-electron chi connectivity index (χ2n) is 3.31. The van der Waals surface area contributed by atoms with Crippen molar-refractivity contribution in [3.63, 3.8) is 0 Å². The molecule has 0 fully saturated rings. The zero-order chi connectivity index (χ0) is 12.1. The van der Waals surface area contributed by atoms with E-state index < -0.39 is 4.92 Å². The SMILES string of the molecule is CCOC(C)=Nc1ccc(C)cc1[N+](=O)[O-]. The maximum Gasteiger partial charge on any atom is 0.295 e. The van der Waals surface area contributed by atoms with Gasteiger partial charge in [0.15, 0.2) is 5.90 Å². The summed E-state index contributed by atoms with van der Waals surface area (Å²) in [5.41, 5.74) is 1.15. The predicted molar refractivity (Wildman–Crippen MR) is 62.2 cm³/mol. The van der Waals surface area contributed by atoms with Crippen LogP contribution in [-0.4, -0.2) is 17.4 Å². The van der Waals surface area contributed by atoms with Crippen LogP contribution in [0.2, 0.25) is 0 Å². The van der Waals surface area contributed by atoms with Gasteiger partial charge in [-0.2, -0.15) is 0 Å². The molecule has 86 valence electrons. The molecule has 0 amide bonds. The highest BCUT2D eigenvalue weighted by molar-refractivity contribution is 5.78. The minimum absolute atomic E-state index is 0.000877. The molecule has 0 spiro atoms. The van der Waals surface area contributed by atoms with Crippen molar-refractivity contribution in [3.8, 4) is 0 Å². The Balaban J connectivity index is 3.13. The number of ether oxygens (including phenoxy) is 1. The summed E-state index contributed by atoms with van der Waals surface area (Å²) in [5, 5.41) is 10.8. The topological polar surface area (TPSA) is 64.7 Å². The van der Waals surface area contributed by atoms with E-state index in [0.717, 1.165) is 5.56 Å². The Morgan fingerprint density at radius 1 is 1.56 bits per heavy atom. The fourth-order valence-electron chi connectivity index (χ4n) is 1.29. The molecule has 0 aliphatic heterocycles. The summed E-state index contributed by atoms with van der Waals surface area (Å²) in [4.78, 5) is 14.4. The third-order valence-electron chi connectivity index (χ3n) is 1.96. The Bertz CT molecular complexity index is 427. The number of rotatable bonds is 3. The summed E-state index contributed by atoms with van der Waals surface area (Å²) in [6, 6.07) is 4.90. The van der Waals surface area contributed by atoms with Crippen LogP contribution in [0, 0.1) is 17.0 Å². The molecule has 0 N–H and O–H groups in total. The smallest absolute Gasteiger partial charge is 0.295 e. The predicted octanol–water partition coefficient (Wildman–Crippen LogP) is 2.99. The average Bonchev–Trinajstić information content (AvgIpc) is 2.20. The van der Waals surface area contributed by atoms with Crippen LogP contribution in [0.15, 0.2) is 23.2 Å². The Kier molecular flexibility index (Phi) is 3.99. The zero-order valence-corrected chi connectivity index (χ0v) is 9.56.